The fourth-order valence-corrected chi connectivity index (χ4v) is 5.05. The van der Waals surface area contributed by atoms with Gasteiger partial charge in [-0.3, -0.25) is 4.79 Å². The van der Waals surface area contributed by atoms with Crippen LogP contribution < -0.4 is 10.2 Å². The first-order chi connectivity index (χ1) is 14.2. The summed E-state index contributed by atoms with van der Waals surface area (Å²) in [7, 11) is 1.33. The highest BCUT2D eigenvalue weighted by molar-refractivity contribution is 7.18. The molecule has 0 spiro atoms. The number of benzene rings is 1. The molecule has 150 valence electrons. The molecule has 1 fully saturated rings. The molecule has 29 heavy (non-hydrogen) atoms. The third-order valence-electron chi connectivity index (χ3n) is 4.60. The number of nitrogens with zero attached hydrogens (tertiary/aromatic N) is 1. The second-order valence-electron chi connectivity index (χ2n) is 6.40. The van der Waals surface area contributed by atoms with Gasteiger partial charge in [-0.25, -0.2) is 4.79 Å². The largest absolute Gasteiger partial charge is 0.465 e. The third-order valence-corrected chi connectivity index (χ3v) is 6.69. The molecular formula is C21H20N2O4S2. The predicted molar refractivity (Wildman–Crippen MR) is 116 cm³/mol. The van der Waals surface area contributed by atoms with Gasteiger partial charge in [-0.15, -0.1) is 22.7 Å². The van der Waals surface area contributed by atoms with E-state index in [0.717, 1.165) is 29.2 Å². The van der Waals surface area contributed by atoms with Crippen molar-refractivity contribution in [2.45, 2.75) is 0 Å². The van der Waals surface area contributed by atoms with E-state index in [0.29, 0.717) is 28.7 Å². The number of thiophene rings is 2. The molecular weight excluding hydrogens is 408 g/mol. The Balaban J connectivity index is 1.65. The molecule has 0 saturated carbocycles. The standard InChI is InChI=1S/C21H20N2O4S2/c1-26-21(25)18-16(7-12-28-18)22-19(24)17-13-15(14-5-3-2-4-6-14)20(29-17)23-8-10-27-11-9-23/h2-7,12-13H,8-11H2,1H3,(H,22,24). The summed E-state index contributed by atoms with van der Waals surface area (Å²) in [6.45, 7) is 2.92. The summed E-state index contributed by atoms with van der Waals surface area (Å²) in [4.78, 5) is 28.1. The van der Waals surface area contributed by atoms with Crippen molar-refractivity contribution >= 4 is 45.2 Å². The minimum Gasteiger partial charge on any atom is -0.465 e. The first kappa shape index (κ1) is 19.6. The zero-order valence-electron chi connectivity index (χ0n) is 15.8. The van der Waals surface area contributed by atoms with Crippen LogP contribution in [0.2, 0.25) is 0 Å². The number of anilines is 2. The van der Waals surface area contributed by atoms with Crippen LogP contribution in [0.25, 0.3) is 11.1 Å². The number of rotatable bonds is 5. The number of hydrogen-bond donors (Lipinski definition) is 1. The lowest BCUT2D eigenvalue weighted by Crippen LogP contribution is -2.35. The number of carbonyl (C=O) groups excluding carboxylic acids is 2. The van der Waals surface area contributed by atoms with Crippen molar-refractivity contribution in [3.05, 3.63) is 57.6 Å². The molecule has 3 heterocycles. The van der Waals surface area contributed by atoms with Crippen molar-refractivity contribution in [1.29, 1.82) is 0 Å². The van der Waals surface area contributed by atoms with Crippen molar-refractivity contribution in [2.75, 3.05) is 43.6 Å². The maximum Gasteiger partial charge on any atom is 0.350 e. The Kier molecular flexibility index (Phi) is 5.94. The van der Waals surface area contributed by atoms with Gasteiger partial charge in [-0.1, -0.05) is 30.3 Å². The summed E-state index contributed by atoms with van der Waals surface area (Å²) in [6, 6.07) is 13.7. The van der Waals surface area contributed by atoms with E-state index in [1.54, 1.807) is 11.4 Å². The second kappa shape index (κ2) is 8.77. The lowest BCUT2D eigenvalue weighted by atomic mass is 10.1. The van der Waals surface area contributed by atoms with Gasteiger partial charge in [0, 0.05) is 18.7 Å². The van der Waals surface area contributed by atoms with Crippen LogP contribution in [0.1, 0.15) is 19.3 Å². The van der Waals surface area contributed by atoms with E-state index in [-0.39, 0.29) is 5.91 Å². The van der Waals surface area contributed by atoms with Crippen molar-refractivity contribution in [2.24, 2.45) is 0 Å². The van der Waals surface area contributed by atoms with Crippen molar-refractivity contribution in [3.8, 4) is 11.1 Å². The molecule has 0 bridgehead atoms. The van der Waals surface area contributed by atoms with Crippen molar-refractivity contribution < 1.29 is 19.1 Å². The lowest BCUT2D eigenvalue weighted by Gasteiger charge is -2.28. The number of methoxy groups -OCH3 is 1. The average Bonchev–Trinajstić information content (AvgIpc) is 3.42. The smallest absolute Gasteiger partial charge is 0.350 e. The van der Waals surface area contributed by atoms with Crippen LogP contribution >= 0.6 is 22.7 Å². The van der Waals surface area contributed by atoms with Gasteiger partial charge in [0.1, 0.15) is 4.88 Å². The molecule has 0 unspecified atom stereocenters. The molecule has 1 aromatic carbocycles. The van der Waals surface area contributed by atoms with Crippen LogP contribution in [0.3, 0.4) is 0 Å². The van der Waals surface area contributed by atoms with Gasteiger partial charge >= 0.3 is 5.97 Å². The summed E-state index contributed by atoms with van der Waals surface area (Å²) in [5, 5.41) is 5.67. The summed E-state index contributed by atoms with van der Waals surface area (Å²) in [5.41, 5.74) is 2.56. The first-order valence-electron chi connectivity index (χ1n) is 9.16. The number of hydrogen-bond acceptors (Lipinski definition) is 7. The fraction of sp³-hybridized carbons (Fsp3) is 0.238. The molecule has 3 aromatic rings. The predicted octanol–water partition coefficient (Wildman–Crippen LogP) is 4.35. The van der Waals surface area contributed by atoms with Crippen molar-refractivity contribution in [3.63, 3.8) is 0 Å². The molecule has 1 N–H and O–H groups in total. The Morgan fingerprint density at radius 1 is 1.14 bits per heavy atom. The zero-order valence-corrected chi connectivity index (χ0v) is 17.5. The highest BCUT2D eigenvalue weighted by Gasteiger charge is 2.23. The zero-order chi connectivity index (χ0) is 20.2. The summed E-state index contributed by atoms with van der Waals surface area (Å²) in [6.07, 6.45) is 0. The SMILES string of the molecule is COC(=O)c1sccc1NC(=O)c1cc(-c2ccccc2)c(N2CCOCC2)s1. The van der Waals surface area contributed by atoms with Gasteiger partial charge in [-0.2, -0.15) is 0 Å². The van der Waals surface area contributed by atoms with E-state index in [4.69, 9.17) is 9.47 Å². The Labute approximate surface area is 176 Å². The molecule has 0 atom stereocenters. The van der Waals surface area contributed by atoms with E-state index >= 15 is 0 Å². The lowest BCUT2D eigenvalue weighted by molar-refractivity contribution is 0.0607. The summed E-state index contributed by atoms with van der Waals surface area (Å²) >= 11 is 2.70. The van der Waals surface area contributed by atoms with E-state index in [1.807, 2.05) is 36.4 Å². The van der Waals surface area contributed by atoms with Crippen LogP contribution in [-0.4, -0.2) is 45.3 Å². The molecule has 4 rings (SSSR count). The Hall–Kier alpha value is -2.68. The van der Waals surface area contributed by atoms with Crippen LogP contribution in [-0.2, 0) is 9.47 Å². The Morgan fingerprint density at radius 3 is 2.62 bits per heavy atom. The maximum absolute atomic E-state index is 13.0. The number of amides is 1. The molecule has 1 amide bonds. The summed E-state index contributed by atoms with van der Waals surface area (Å²) < 4.78 is 10.3. The van der Waals surface area contributed by atoms with Crippen LogP contribution in [0.5, 0.6) is 0 Å². The van der Waals surface area contributed by atoms with Gasteiger partial charge in [-0.05, 0) is 23.1 Å². The van der Waals surface area contributed by atoms with E-state index in [9.17, 15) is 9.59 Å². The second-order valence-corrected chi connectivity index (χ2v) is 8.35. The van der Waals surface area contributed by atoms with E-state index < -0.39 is 5.97 Å². The molecule has 0 radical (unpaired) electrons. The van der Waals surface area contributed by atoms with E-state index in [1.165, 1.54) is 29.8 Å². The monoisotopic (exact) mass is 428 g/mol. The number of esters is 1. The Morgan fingerprint density at radius 2 is 1.90 bits per heavy atom. The molecule has 1 aliphatic heterocycles. The topological polar surface area (TPSA) is 67.9 Å². The van der Waals surface area contributed by atoms with Gasteiger partial charge in [0.15, 0.2) is 0 Å². The van der Waals surface area contributed by atoms with Gasteiger partial charge in [0.25, 0.3) is 5.91 Å². The highest BCUT2D eigenvalue weighted by Crippen LogP contribution is 2.39. The number of ether oxygens (including phenoxy) is 2. The summed E-state index contributed by atoms with van der Waals surface area (Å²) in [5.74, 6) is -0.698. The van der Waals surface area contributed by atoms with E-state index in [2.05, 4.69) is 10.2 Å². The van der Waals surface area contributed by atoms with Crippen LogP contribution in [0, 0.1) is 0 Å². The van der Waals surface area contributed by atoms with Crippen LogP contribution in [0.15, 0.2) is 47.8 Å². The molecule has 8 heteroatoms. The Bertz CT molecular complexity index is 1010. The molecule has 0 aliphatic carbocycles. The average molecular weight is 429 g/mol. The van der Waals surface area contributed by atoms with Crippen molar-refractivity contribution in [1.82, 2.24) is 0 Å². The van der Waals surface area contributed by atoms with Gasteiger partial charge < -0.3 is 19.7 Å². The number of nitrogens with one attached hydrogen (secondary N) is 1. The minimum atomic E-state index is -0.458. The fourth-order valence-electron chi connectivity index (χ4n) is 3.16. The maximum atomic E-state index is 13.0. The minimum absolute atomic E-state index is 0.241. The van der Waals surface area contributed by atoms with Gasteiger partial charge in [0.05, 0.1) is 35.9 Å². The third kappa shape index (κ3) is 4.19. The molecule has 6 nitrogen and oxygen atoms in total. The first-order valence-corrected chi connectivity index (χ1v) is 10.9. The number of morpholine rings is 1. The van der Waals surface area contributed by atoms with Gasteiger partial charge in [0.2, 0.25) is 0 Å². The highest BCUT2D eigenvalue weighted by atomic mass is 32.1. The number of carbonyl (C=O) groups is 2. The molecule has 1 aliphatic rings. The quantitative estimate of drug-likeness (QED) is 0.612. The van der Waals surface area contributed by atoms with Crippen LogP contribution in [0.4, 0.5) is 10.7 Å². The molecule has 1 saturated heterocycles. The normalized spacial score (nSPS) is 13.9. The molecule has 2 aromatic heterocycles.